The van der Waals surface area contributed by atoms with Crippen LogP contribution in [0.1, 0.15) is 11.1 Å². The van der Waals surface area contributed by atoms with Crippen LogP contribution in [0.3, 0.4) is 0 Å². The van der Waals surface area contributed by atoms with Crippen molar-refractivity contribution in [3.05, 3.63) is 168 Å². The number of imidazole rings is 2. The Morgan fingerprint density at radius 3 is 1.58 bits per heavy atom. The second-order valence-electron chi connectivity index (χ2n) is 11.6. The van der Waals surface area contributed by atoms with Gasteiger partial charge in [-0.15, -0.1) is 0 Å². The van der Waals surface area contributed by atoms with E-state index < -0.39 is 23.3 Å². The predicted molar refractivity (Wildman–Crippen MR) is 184 cm³/mol. The minimum Gasteiger partial charge on any atom is -0.392 e. The smallest absolute Gasteiger partial charge is 0.159 e. The van der Waals surface area contributed by atoms with Gasteiger partial charge in [-0.25, -0.2) is 27.5 Å². The third kappa shape index (κ3) is 6.75. The second kappa shape index (κ2) is 13.8. The number of aliphatic hydroxyl groups excluding tert-OH is 2. The van der Waals surface area contributed by atoms with Gasteiger partial charge in [0.25, 0.3) is 0 Å². The van der Waals surface area contributed by atoms with Crippen LogP contribution in [0.5, 0.6) is 0 Å². The van der Waals surface area contributed by atoms with Gasteiger partial charge < -0.3 is 19.0 Å². The number of aromatic nitrogens is 4. The van der Waals surface area contributed by atoms with E-state index in [1.807, 2.05) is 89.6 Å². The van der Waals surface area contributed by atoms with Gasteiger partial charge >= 0.3 is 0 Å². The summed E-state index contributed by atoms with van der Waals surface area (Å²) in [6.07, 6.45) is 7.30. The van der Waals surface area contributed by atoms with Crippen molar-refractivity contribution in [1.82, 2.24) is 18.8 Å². The van der Waals surface area contributed by atoms with Gasteiger partial charge in [-0.05, 0) is 100 Å². The van der Waals surface area contributed by atoms with Crippen LogP contribution < -0.4 is 0 Å². The molecule has 10 heteroatoms. The maximum absolute atomic E-state index is 14.0. The molecule has 4 aromatic heterocycles. The van der Waals surface area contributed by atoms with Gasteiger partial charge in [-0.2, -0.15) is 0 Å². The van der Waals surface area contributed by atoms with Crippen molar-refractivity contribution >= 4 is 11.3 Å². The molecule has 6 nitrogen and oxygen atoms in total. The highest BCUT2D eigenvalue weighted by Gasteiger charge is 2.12. The summed E-state index contributed by atoms with van der Waals surface area (Å²) in [7, 11) is 0. The molecule has 0 spiro atoms. The molecule has 0 amide bonds. The lowest BCUT2D eigenvalue weighted by molar-refractivity contribution is 0.281. The summed E-state index contributed by atoms with van der Waals surface area (Å²) in [5, 5.41) is 18.6. The van der Waals surface area contributed by atoms with Crippen LogP contribution in [0.4, 0.5) is 17.6 Å². The summed E-state index contributed by atoms with van der Waals surface area (Å²) in [4.78, 5) is 8.86. The van der Waals surface area contributed by atoms with E-state index in [4.69, 9.17) is 0 Å². The first-order chi connectivity index (χ1) is 24.3. The van der Waals surface area contributed by atoms with Gasteiger partial charge in [0.2, 0.25) is 0 Å². The monoisotopic (exact) mass is 672 g/mol. The first kappa shape index (κ1) is 32.4. The lowest BCUT2D eigenvalue weighted by Crippen LogP contribution is -1.87. The zero-order chi connectivity index (χ0) is 34.8. The molecule has 0 saturated carbocycles. The molecule has 0 saturated heterocycles. The summed E-state index contributed by atoms with van der Waals surface area (Å²) >= 11 is 0. The molecular formula is C40H28F4N4O2. The van der Waals surface area contributed by atoms with Crippen LogP contribution in [0.25, 0.3) is 56.1 Å². The van der Waals surface area contributed by atoms with Crippen molar-refractivity contribution in [3.63, 3.8) is 0 Å². The van der Waals surface area contributed by atoms with Gasteiger partial charge in [0.15, 0.2) is 11.6 Å². The van der Waals surface area contributed by atoms with Crippen molar-refractivity contribution in [2.45, 2.75) is 13.2 Å². The molecule has 4 aromatic carbocycles. The van der Waals surface area contributed by atoms with E-state index in [-0.39, 0.29) is 18.8 Å². The van der Waals surface area contributed by atoms with E-state index in [0.717, 1.165) is 51.6 Å². The fraction of sp³-hybridized carbons (Fsp3) is 0.0500. The highest BCUT2D eigenvalue weighted by atomic mass is 19.2. The Morgan fingerprint density at radius 1 is 0.460 bits per heavy atom. The Morgan fingerprint density at radius 2 is 1.02 bits per heavy atom. The van der Waals surface area contributed by atoms with Crippen LogP contribution in [0, 0.1) is 23.3 Å². The number of benzene rings is 4. The number of aliphatic hydroxyl groups is 2. The van der Waals surface area contributed by atoms with Crippen LogP contribution >= 0.6 is 0 Å². The molecule has 4 heterocycles. The molecule has 0 aliphatic heterocycles. The number of nitrogens with zero attached hydrogens (tertiary/aromatic N) is 4. The molecule has 50 heavy (non-hydrogen) atoms. The molecular weight excluding hydrogens is 644 g/mol. The predicted octanol–water partition coefficient (Wildman–Crippen LogP) is 8.88. The lowest BCUT2D eigenvalue weighted by Gasteiger charge is -2.04. The van der Waals surface area contributed by atoms with E-state index in [1.54, 1.807) is 16.8 Å². The molecule has 0 radical (unpaired) electrons. The number of fused-ring (bicyclic) bond motifs is 2. The Kier molecular flexibility index (Phi) is 8.95. The molecule has 0 aliphatic rings. The Balaban J connectivity index is 0.000000157. The number of halogens is 4. The molecule has 2 N–H and O–H groups in total. The van der Waals surface area contributed by atoms with E-state index in [9.17, 15) is 27.8 Å². The first-order valence-electron chi connectivity index (χ1n) is 15.6. The quantitative estimate of drug-likeness (QED) is 0.173. The van der Waals surface area contributed by atoms with Crippen LogP contribution in [-0.4, -0.2) is 29.0 Å². The average molecular weight is 673 g/mol. The normalized spacial score (nSPS) is 11.2. The number of rotatable bonds is 6. The van der Waals surface area contributed by atoms with Crippen molar-refractivity contribution in [3.8, 4) is 44.8 Å². The average Bonchev–Trinajstić information content (AvgIpc) is 3.77. The van der Waals surface area contributed by atoms with E-state index in [2.05, 4.69) is 9.97 Å². The topological polar surface area (TPSA) is 75.1 Å². The fourth-order valence-electron chi connectivity index (χ4n) is 5.65. The molecule has 0 fully saturated rings. The van der Waals surface area contributed by atoms with Crippen LogP contribution in [0.2, 0.25) is 0 Å². The Bertz CT molecular complexity index is 2490. The summed E-state index contributed by atoms with van der Waals surface area (Å²) < 4.78 is 57.3. The highest BCUT2D eigenvalue weighted by molar-refractivity contribution is 5.70. The van der Waals surface area contributed by atoms with Crippen LogP contribution in [-0.2, 0) is 13.2 Å². The molecule has 0 atom stereocenters. The fourth-order valence-corrected chi connectivity index (χ4v) is 5.65. The minimum absolute atomic E-state index is 0.0125. The van der Waals surface area contributed by atoms with Crippen molar-refractivity contribution < 1.29 is 27.8 Å². The lowest BCUT2D eigenvalue weighted by atomic mass is 10.1. The standard InChI is InChI=1S/2C20H14F2N2O/c21-16-5-6-17(18(22)9-16)19-11-24-10-15(4-7-20(24)23-19)14-3-1-2-13(8-14)12-25;21-17-6-4-15(9-18(17)22)19-11-24-10-16(5-7-20(24)23-19)14-3-1-2-13(8-14)12-25/h2*1-11,25H,12H2. The third-order valence-electron chi connectivity index (χ3n) is 8.21. The molecule has 0 bridgehead atoms. The molecule has 0 aliphatic carbocycles. The van der Waals surface area contributed by atoms with Gasteiger partial charge in [0, 0.05) is 42.0 Å². The van der Waals surface area contributed by atoms with E-state index >= 15 is 0 Å². The van der Waals surface area contributed by atoms with Gasteiger partial charge in [-0.3, -0.25) is 0 Å². The third-order valence-corrected chi connectivity index (χ3v) is 8.21. The van der Waals surface area contributed by atoms with Gasteiger partial charge in [-0.1, -0.05) is 36.4 Å². The minimum atomic E-state index is -0.893. The second-order valence-corrected chi connectivity index (χ2v) is 11.6. The SMILES string of the molecule is OCc1cccc(-c2ccc3nc(-c4ccc(F)c(F)c4)cn3c2)c1.OCc1cccc(-c2ccc3nc(-c4ccc(F)cc4F)cn3c2)c1. The van der Waals surface area contributed by atoms with Crippen molar-refractivity contribution in [2.24, 2.45) is 0 Å². The summed E-state index contributed by atoms with van der Waals surface area (Å²) in [5.74, 6) is -3.02. The van der Waals surface area contributed by atoms with E-state index in [0.29, 0.717) is 28.2 Å². The highest BCUT2D eigenvalue weighted by Crippen LogP contribution is 2.27. The van der Waals surface area contributed by atoms with Gasteiger partial charge in [0.05, 0.1) is 24.6 Å². The first-order valence-corrected chi connectivity index (χ1v) is 15.6. The molecule has 8 rings (SSSR count). The number of pyridine rings is 2. The molecule has 8 aromatic rings. The van der Waals surface area contributed by atoms with E-state index in [1.165, 1.54) is 18.2 Å². The summed E-state index contributed by atoms with van der Waals surface area (Å²) in [6, 6.07) is 30.0. The number of hydrogen-bond donors (Lipinski definition) is 2. The molecule has 0 unspecified atom stereocenters. The van der Waals surface area contributed by atoms with Gasteiger partial charge in [0.1, 0.15) is 22.9 Å². The van der Waals surface area contributed by atoms with Crippen LogP contribution in [0.15, 0.2) is 134 Å². The summed E-state index contributed by atoms with van der Waals surface area (Å²) in [5.41, 5.74) is 8.71. The van der Waals surface area contributed by atoms with Crippen molar-refractivity contribution in [1.29, 1.82) is 0 Å². The maximum Gasteiger partial charge on any atom is 0.159 e. The van der Waals surface area contributed by atoms with Crippen molar-refractivity contribution in [2.75, 3.05) is 0 Å². The number of hydrogen-bond acceptors (Lipinski definition) is 4. The summed E-state index contributed by atoms with van der Waals surface area (Å²) in [6.45, 7) is -0.0312. The Hall–Kier alpha value is -6.10. The zero-order valence-electron chi connectivity index (χ0n) is 26.3. The maximum atomic E-state index is 14.0. The Labute approximate surface area is 283 Å². The largest absolute Gasteiger partial charge is 0.392 e. The zero-order valence-corrected chi connectivity index (χ0v) is 26.3. The molecule has 248 valence electrons.